The van der Waals surface area contributed by atoms with E-state index in [0.29, 0.717) is 10.5 Å². The lowest BCUT2D eigenvalue weighted by molar-refractivity contribution is -0.114. The maximum absolute atomic E-state index is 14.6. The summed E-state index contributed by atoms with van der Waals surface area (Å²) in [6.07, 6.45) is -1.28. The van der Waals surface area contributed by atoms with Gasteiger partial charge in [0.05, 0.1) is 16.8 Å². The maximum Gasteiger partial charge on any atom is 0.427 e. The molecule has 1 aromatic rings. The normalized spacial score (nSPS) is 14.7. The Labute approximate surface area is 132 Å². The fourth-order valence-corrected chi connectivity index (χ4v) is 2.11. The number of carbonyl (C=O) groups is 2. The monoisotopic (exact) mass is 327 g/mol. The maximum atomic E-state index is 14.6. The predicted molar refractivity (Wildman–Crippen MR) is 79.5 cm³/mol. The molecular weight excluding hydrogens is 313 g/mol. The summed E-state index contributed by atoms with van der Waals surface area (Å²) in [5.74, 6) is -1.92. The zero-order valence-corrected chi connectivity index (χ0v) is 13.3. The van der Waals surface area contributed by atoms with Crippen molar-refractivity contribution in [3.8, 4) is 5.75 Å². The number of cyclic esters (lactones) is 1. The second-order valence-electron chi connectivity index (χ2n) is 5.21. The fraction of sp³-hybridized carbons (Fsp3) is 0.333. The Balaban J connectivity index is 2.52. The molecule has 0 saturated carbocycles. The third-order valence-corrected chi connectivity index (χ3v) is 3.14. The third kappa shape index (κ3) is 2.78. The van der Waals surface area contributed by atoms with E-state index in [9.17, 15) is 14.0 Å². The molecule has 1 fully saturated rings. The molecule has 0 bridgehead atoms. The molecule has 118 valence electrons. The van der Waals surface area contributed by atoms with Crippen LogP contribution >= 0.6 is 11.6 Å². The van der Waals surface area contributed by atoms with Crippen molar-refractivity contribution in [2.24, 2.45) is 0 Å². The van der Waals surface area contributed by atoms with Gasteiger partial charge in [-0.15, -0.1) is 0 Å². The van der Waals surface area contributed by atoms with Gasteiger partial charge in [-0.05, 0) is 45.4 Å². The predicted octanol–water partition coefficient (Wildman–Crippen LogP) is 4.04. The first-order chi connectivity index (χ1) is 10.2. The fourth-order valence-electron chi connectivity index (χ4n) is 1.92. The topological polar surface area (TPSA) is 55.8 Å². The number of hydrogen-bond acceptors (Lipinski definition) is 4. The summed E-state index contributed by atoms with van der Waals surface area (Å²) in [6, 6.07) is 2.59. The van der Waals surface area contributed by atoms with Crippen LogP contribution in [0.4, 0.5) is 14.9 Å². The van der Waals surface area contributed by atoms with Crippen molar-refractivity contribution in [3.05, 3.63) is 34.3 Å². The first-order valence-corrected chi connectivity index (χ1v) is 7.00. The van der Waals surface area contributed by atoms with E-state index in [1.54, 1.807) is 27.7 Å². The van der Waals surface area contributed by atoms with Crippen molar-refractivity contribution in [2.75, 3.05) is 4.90 Å². The molecule has 0 atom stereocenters. The molecule has 1 aliphatic heterocycles. The van der Waals surface area contributed by atoms with E-state index in [1.165, 1.54) is 12.1 Å². The Bertz CT molecular complexity index is 680. The van der Waals surface area contributed by atoms with Gasteiger partial charge in [0, 0.05) is 0 Å². The second kappa shape index (κ2) is 5.96. The van der Waals surface area contributed by atoms with Crippen LogP contribution in [0.1, 0.15) is 27.7 Å². The van der Waals surface area contributed by atoms with E-state index in [-0.39, 0.29) is 28.3 Å². The largest absolute Gasteiger partial charge is 0.486 e. The van der Waals surface area contributed by atoms with Crippen LogP contribution in [0.5, 0.6) is 5.75 Å². The summed E-state index contributed by atoms with van der Waals surface area (Å²) in [7, 11) is 0. The van der Waals surface area contributed by atoms with Gasteiger partial charge in [0.1, 0.15) is 0 Å². The molecule has 2 amide bonds. The average molecular weight is 328 g/mol. The van der Waals surface area contributed by atoms with Gasteiger partial charge in [-0.2, -0.15) is 0 Å². The zero-order valence-electron chi connectivity index (χ0n) is 12.6. The number of nitrogens with zero attached hydrogens (tertiary/aromatic N) is 1. The molecule has 7 heteroatoms. The van der Waals surface area contributed by atoms with E-state index < -0.39 is 17.8 Å². The van der Waals surface area contributed by atoms with Crippen LogP contribution in [0.2, 0.25) is 5.02 Å². The van der Waals surface area contributed by atoms with E-state index in [1.807, 2.05) is 0 Å². The molecule has 1 saturated heterocycles. The first-order valence-electron chi connectivity index (χ1n) is 6.62. The molecule has 0 spiro atoms. The number of carbonyl (C=O) groups excluding carboxylic acids is 2. The smallest absolute Gasteiger partial charge is 0.427 e. The summed E-state index contributed by atoms with van der Waals surface area (Å²) in [5.41, 5.74) is 0.264. The van der Waals surface area contributed by atoms with Crippen molar-refractivity contribution >= 4 is 29.3 Å². The molecule has 0 aliphatic carbocycles. The summed E-state index contributed by atoms with van der Waals surface area (Å²) in [5, 5.41) is 0.0531. The van der Waals surface area contributed by atoms with Crippen molar-refractivity contribution < 1.29 is 23.5 Å². The lowest BCUT2D eigenvalue weighted by Crippen LogP contribution is -2.29. The van der Waals surface area contributed by atoms with Gasteiger partial charge >= 0.3 is 12.0 Å². The SMILES string of the molecule is CC(C)=C1OC(=O)N(c2ccc(Cl)c(OC(C)C)c2F)C1=O. The molecule has 2 rings (SSSR count). The van der Waals surface area contributed by atoms with Crippen molar-refractivity contribution in [3.63, 3.8) is 0 Å². The molecule has 0 aromatic heterocycles. The number of rotatable bonds is 3. The van der Waals surface area contributed by atoms with Crippen LogP contribution < -0.4 is 9.64 Å². The highest BCUT2D eigenvalue weighted by atomic mass is 35.5. The minimum Gasteiger partial charge on any atom is -0.486 e. The number of halogens is 2. The highest BCUT2D eigenvalue weighted by Gasteiger charge is 2.40. The van der Waals surface area contributed by atoms with Gasteiger partial charge in [-0.25, -0.2) is 14.1 Å². The van der Waals surface area contributed by atoms with Gasteiger partial charge in [-0.3, -0.25) is 4.79 Å². The van der Waals surface area contributed by atoms with Gasteiger partial charge in [0.15, 0.2) is 17.3 Å². The number of amides is 2. The Hall–Kier alpha value is -2.08. The second-order valence-corrected chi connectivity index (χ2v) is 5.62. The van der Waals surface area contributed by atoms with Crippen LogP contribution in [-0.4, -0.2) is 18.1 Å². The summed E-state index contributed by atoms with van der Waals surface area (Å²) >= 11 is 5.91. The van der Waals surface area contributed by atoms with Gasteiger partial charge < -0.3 is 9.47 Å². The average Bonchev–Trinajstić information content (AvgIpc) is 2.71. The van der Waals surface area contributed by atoms with Crippen molar-refractivity contribution in [1.29, 1.82) is 0 Å². The Morgan fingerprint density at radius 1 is 1.32 bits per heavy atom. The Morgan fingerprint density at radius 3 is 2.45 bits per heavy atom. The number of anilines is 1. The van der Waals surface area contributed by atoms with Crippen LogP contribution in [0.3, 0.4) is 0 Å². The minimum atomic E-state index is -0.960. The van der Waals surface area contributed by atoms with E-state index in [4.69, 9.17) is 21.1 Å². The van der Waals surface area contributed by atoms with Crippen molar-refractivity contribution in [1.82, 2.24) is 0 Å². The van der Waals surface area contributed by atoms with Crippen LogP contribution in [0.15, 0.2) is 23.5 Å². The Kier molecular flexibility index (Phi) is 4.42. The van der Waals surface area contributed by atoms with Crippen LogP contribution in [0.25, 0.3) is 0 Å². The summed E-state index contributed by atoms with van der Waals surface area (Å²) in [4.78, 5) is 24.7. The Morgan fingerprint density at radius 2 is 1.95 bits per heavy atom. The number of imide groups is 1. The standard InChI is InChI=1S/C15H15ClFNO4/c1-7(2)12-14(19)18(15(20)22-12)10-6-5-9(16)13(11(10)17)21-8(3)4/h5-6,8H,1-4H3. The summed E-state index contributed by atoms with van der Waals surface area (Å²) in [6.45, 7) is 6.66. The lowest BCUT2D eigenvalue weighted by atomic mass is 10.2. The molecule has 0 unspecified atom stereocenters. The van der Waals surface area contributed by atoms with Crippen LogP contribution in [-0.2, 0) is 9.53 Å². The number of allylic oxidation sites excluding steroid dienone is 1. The van der Waals surface area contributed by atoms with Gasteiger partial charge in [-0.1, -0.05) is 11.6 Å². The molecule has 1 heterocycles. The highest BCUT2D eigenvalue weighted by Crippen LogP contribution is 2.37. The number of ether oxygens (including phenoxy) is 2. The quantitative estimate of drug-likeness (QED) is 0.786. The molecule has 0 radical (unpaired) electrons. The molecule has 1 aliphatic rings. The molecule has 0 N–H and O–H groups in total. The minimum absolute atomic E-state index is 0.0531. The highest BCUT2D eigenvalue weighted by molar-refractivity contribution is 6.32. The first kappa shape index (κ1) is 16.3. The third-order valence-electron chi connectivity index (χ3n) is 2.85. The molecule has 1 aromatic carbocycles. The molecule has 5 nitrogen and oxygen atoms in total. The van der Waals surface area contributed by atoms with Crippen molar-refractivity contribution in [2.45, 2.75) is 33.8 Å². The van der Waals surface area contributed by atoms with E-state index >= 15 is 0 Å². The van der Waals surface area contributed by atoms with Gasteiger partial charge in [0.25, 0.3) is 0 Å². The van der Waals surface area contributed by atoms with Crippen LogP contribution in [0, 0.1) is 5.82 Å². The zero-order chi connectivity index (χ0) is 16.6. The van der Waals surface area contributed by atoms with E-state index in [0.717, 1.165) is 0 Å². The number of hydrogen-bond donors (Lipinski definition) is 0. The van der Waals surface area contributed by atoms with Gasteiger partial charge in [0.2, 0.25) is 0 Å². The molecule has 22 heavy (non-hydrogen) atoms. The molecular formula is C15H15ClFNO4. The van der Waals surface area contributed by atoms with E-state index in [2.05, 4.69) is 0 Å². The summed E-state index contributed by atoms with van der Waals surface area (Å²) < 4.78 is 24.8. The number of benzene rings is 1. The lowest BCUT2D eigenvalue weighted by Gasteiger charge is -2.17.